The van der Waals surface area contributed by atoms with E-state index in [9.17, 15) is 4.79 Å². The van der Waals surface area contributed by atoms with Gasteiger partial charge in [0.25, 0.3) is 0 Å². The zero-order valence-corrected chi connectivity index (χ0v) is 10.2. The van der Waals surface area contributed by atoms with Gasteiger partial charge in [0.05, 0.1) is 13.0 Å². The molecule has 16 heavy (non-hydrogen) atoms. The molecule has 3 nitrogen and oxygen atoms in total. The van der Waals surface area contributed by atoms with Crippen LogP contribution >= 0.6 is 11.8 Å². The molecule has 0 bridgehead atoms. The first kappa shape index (κ1) is 13.1. The second kappa shape index (κ2) is 7.30. The molecule has 1 aromatic carbocycles. The van der Waals surface area contributed by atoms with Crippen LogP contribution in [0.15, 0.2) is 30.3 Å². The van der Waals surface area contributed by atoms with Gasteiger partial charge in [-0.3, -0.25) is 4.79 Å². The van der Waals surface area contributed by atoms with Gasteiger partial charge in [0.2, 0.25) is 0 Å². The summed E-state index contributed by atoms with van der Waals surface area (Å²) in [6, 6.07) is 9.69. The summed E-state index contributed by atoms with van der Waals surface area (Å²) in [6.45, 7) is 0.632. The number of benzene rings is 1. The normalized spacial score (nSPS) is 12.1. The lowest BCUT2D eigenvalue weighted by molar-refractivity contribution is -0.141. The maximum Gasteiger partial charge on any atom is 0.313 e. The van der Waals surface area contributed by atoms with Crippen molar-refractivity contribution < 1.29 is 9.53 Å². The fourth-order valence-corrected chi connectivity index (χ4v) is 2.31. The van der Waals surface area contributed by atoms with Crippen LogP contribution < -0.4 is 5.73 Å². The molecular formula is C12H17NO2S. The van der Waals surface area contributed by atoms with E-state index in [4.69, 9.17) is 10.5 Å². The second-order valence-electron chi connectivity index (χ2n) is 3.35. The quantitative estimate of drug-likeness (QED) is 0.605. The molecule has 0 fully saturated rings. The Morgan fingerprint density at radius 1 is 1.44 bits per heavy atom. The molecule has 0 aliphatic rings. The Morgan fingerprint density at radius 2 is 2.12 bits per heavy atom. The Bertz CT molecular complexity index is 316. The van der Waals surface area contributed by atoms with Gasteiger partial charge in [0.1, 0.15) is 0 Å². The molecule has 4 heteroatoms. The van der Waals surface area contributed by atoms with Crippen LogP contribution in [0.25, 0.3) is 0 Å². The highest BCUT2D eigenvalue weighted by molar-refractivity contribution is 7.99. The number of methoxy groups -OCH3 is 1. The molecule has 0 radical (unpaired) electrons. The number of nitrogens with two attached hydrogens (primary N) is 1. The Labute approximate surface area is 100 Å². The number of hydrogen-bond donors (Lipinski definition) is 1. The average molecular weight is 239 g/mol. The molecule has 88 valence electrons. The molecule has 1 aromatic rings. The highest BCUT2D eigenvalue weighted by Crippen LogP contribution is 2.21. The lowest BCUT2D eigenvalue weighted by Crippen LogP contribution is -2.17. The van der Waals surface area contributed by atoms with Crippen molar-refractivity contribution in [1.29, 1.82) is 0 Å². The van der Waals surface area contributed by atoms with Crippen LogP contribution in [-0.2, 0) is 9.53 Å². The first-order chi connectivity index (χ1) is 7.79. The molecule has 0 aromatic heterocycles. The fourth-order valence-electron chi connectivity index (χ4n) is 1.41. The highest BCUT2D eigenvalue weighted by atomic mass is 32.2. The number of rotatable bonds is 6. The first-order valence-corrected chi connectivity index (χ1v) is 6.35. The van der Waals surface area contributed by atoms with E-state index < -0.39 is 0 Å². The summed E-state index contributed by atoms with van der Waals surface area (Å²) in [5.41, 5.74) is 6.42. The smallest absolute Gasteiger partial charge is 0.313 e. The van der Waals surface area contributed by atoms with Crippen LogP contribution in [0.1, 0.15) is 11.5 Å². The van der Waals surface area contributed by atoms with Crippen LogP contribution in [0.4, 0.5) is 0 Å². The van der Waals surface area contributed by atoms with Gasteiger partial charge in [-0.05, 0) is 5.56 Å². The van der Waals surface area contributed by atoms with Gasteiger partial charge in [-0.25, -0.2) is 0 Å². The van der Waals surface area contributed by atoms with Crippen LogP contribution in [0.3, 0.4) is 0 Å². The Kier molecular flexibility index (Phi) is 5.96. The molecule has 1 rings (SSSR count). The van der Waals surface area contributed by atoms with Crippen molar-refractivity contribution in [2.45, 2.75) is 5.92 Å². The summed E-state index contributed by atoms with van der Waals surface area (Å²) in [7, 11) is 1.42. The second-order valence-corrected chi connectivity index (χ2v) is 4.50. The average Bonchev–Trinajstić information content (AvgIpc) is 2.35. The van der Waals surface area contributed by atoms with E-state index in [1.165, 1.54) is 7.11 Å². The standard InChI is InChI=1S/C12H17NO2S/c1-15-12(14)11(9-16-8-7-13)10-5-3-2-4-6-10/h2-6,11H,7-9,13H2,1H3. The van der Waals surface area contributed by atoms with Gasteiger partial charge in [-0.1, -0.05) is 30.3 Å². The van der Waals surface area contributed by atoms with Gasteiger partial charge >= 0.3 is 5.97 Å². The number of esters is 1. The van der Waals surface area contributed by atoms with Gasteiger partial charge in [0.15, 0.2) is 0 Å². The van der Waals surface area contributed by atoms with Gasteiger partial charge < -0.3 is 10.5 Å². The SMILES string of the molecule is COC(=O)C(CSCCN)c1ccccc1. The zero-order valence-electron chi connectivity index (χ0n) is 9.39. The number of carbonyl (C=O) groups excluding carboxylic acids is 1. The molecule has 0 saturated heterocycles. The highest BCUT2D eigenvalue weighted by Gasteiger charge is 2.20. The first-order valence-electron chi connectivity index (χ1n) is 5.20. The molecule has 0 amide bonds. The van der Waals surface area contributed by atoms with Crippen molar-refractivity contribution >= 4 is 17.7 Å². The Morgan fingerprint density at radius 3 is 2.69 bits per heavy atom. The summed E-state index contributed by atoms with van der Waals surface area (Å²) in [4.78, 5) is 11.6. The van der Waals surface area contributed by atoms with E-state index in [0.717, 1.165) is 11.3 Å². The van der Waals surface area contributed by atoms with E-state index in [1.54, 1.807) is 11.8 Å². The van der Waals surface area contributed by atoms with E-state index >= 15 is 0 Å². The third-order valence-corrected chi connectivity index (χ3v) is 3.33. The minimum atomic E-state index is -0.192. The van der Waals surface area contributed by atoms with Crippen LogP contribution in [-0.4, -0.2) is 31.1 Å². The third kappa shape index (κ3) is 3.87. The fraction of sp³-hybridized carbons (Fsp3) is 0.417. The number of thioether (sulfide) groups is 1. The topological polar surface area (TPSA) is 52.3 Å². The molecule has 0 spiro atoms. The maximum atomic E-state index is 11.6. The predicted octanol–water partition coefficient (Wildman–Crippen LogP) is 1.64. The van der Waals surface area contributed by atoms with Gasteiger partial charge in [0, 0.05) is 18.1 Å². The van der Waals surface area contributed by atoms with Crippen molar-refractivity contribution in [2.75, 3.05) is 25.2 Å². The van der Waals surface area contributed by atoms with Crippen molar-refractivity contribution in [1.82, 2.24) is 0 Å². The van der Waals surface area contributed by atoms with E-state index in [-0.39, 0.29) is 11.9 Å². The van der Waals surface area contributed by atoms with E-state index in [1.807, 2.05) is 30.3 Å². The molecule has 0 aliphatic heterocycles. The predicted molar refractivity (Wildman–Crippen MR) is 67.6 cm³/mol. The van der Waals surface area contributed by atoms with Crippen LogP contribution in [0.2, 0.25) is 0 Å². The lowest BCUT2D eigenvalue weighted by Gasteiger charge is -2.14. The Hall–Kier alpha value is -1.00. The molecule has 0 aliphatic carbocycles. The largest absolute Gasteiger partial charge is 0.469 e. The van der Waals surface area contributed by atoms with Gasteiger partial charge in [-0.2, -0.15) is 11.8 Å². The molecule has 1 atom stereocenters. The number of ether oxygens (including phenoxy) is 1. The molecule has 0 saturated carbocycles. The summed E-state index contributed by atoms with van der Waals surface area (Å²) >= 11 is 1.67. The molecule has 0 heterocycles. The molecular weight excluding hydrogens is 222 g/mol. The van der Waals surface area contributed by atoms with Crippen molar-refractivity contribution in [2.24, 2.45) is 5.73 Å². The molecule has 1 unspecified atom stereocenters. The van der Waals surface area contributed by atoms with Crippen molar-refractivity contribution in [3.63, 3.8) is 0 Å². The van der Waals surface area contributed by atoms with Crippen LogP contribution in [0.5, 0.6) is 0 Å². The maximum absolute atomic E-state index is 11.6. The zero-order chi connectivity index (χ0) is 11.8. The number of hydrogen-bond acceptors (Lipinski definition) is 4. The minimum absolute atomic E-state index is 0.185. The molecule has 2 N–H and O–H groups in total. The minimum Gasteiger partial charge on any atom is -0.469 e. The van der Waals surface area contributed by atoms with Gasteiger partial charge in [-0.15, -0.1) is 0 Å². The van der Waals surface area contributed by atoms with E-state index in [2.05, 4.69) is 0 Å². The Balaban J connectivity index is 2.68. The third-order valence-electron chi connectivity index (χ3n) is 2.23. The summed E-state index contributed by atoms with van der Waals surface area (Å²) in [5, 5.41) is 0. The monoisotopic (exact) mass is 239 g/mol. The van der Waals surface area contributed by atoms with Crippen molar-refractivity contribution in [3.8, 4) is 0 Å². The van der Waals surface area contributed by atoms with Crippen molar-refractivity contribution in [3.05, 3.63) is 35.9 Å². The number of carbonyl (C=O) groups is 1. The van der Waals surface area contributed by atoms with Crippen LogP contribution in [0, 0.1) is 0 Å². The van der Waals surface area contributed by atoms with E-state index in [0.29, 0.717) is 12.3 Å². The summed E-state index contributed by atoms with van der Waals surface area (Å²) < 4.78 is 4.81. The summed E-state index contributed by atoms with van der Waals surface area (Å²) in [5.74, 6) is 1.20. The lowest BCUT2D eigenvalue weighted by atomic mass is 10.0. The summed E-state index contributed by atoms with van der Waals surface area (Å²) in [6.07, 6.45) is 0.